The molecule has 0 radical (unpaired) electrons. The number of amides is 2. The summed E-state index contributed by atoms with van der Waals surface area (Å²) >= 11 is 0. The minimum atomic E-state index is -5.47. The summed E-state index contributed by atoms with van der Waals surface area (Å²) in [5, 5.41) is 13.1. The Balaban J connectivity index is 2.09. The van der Waals surface area contributed by atoms with Crippen molar-refractivity contribution in [1.82, 2.24) is 5.32 Å². The normalized spacial score (nSPS) is 16.9. The van der Waals surface area contributed by atoms with E-state index in [-0.39, 0.29) is 35.5 Å². The van der Waals surface area contributed by atoms with E-state index in [1.54, 1.807) is 51.1 Å². The summed E-state index contributed by atoms with van der Waals surface area (Å²) in [5.74, 6) is -5.47. The van der Waals surface area contributed by atoms with Crippen LogP contribution in [0.5, 0.6) is 5.75 Å². The molecule has 0 heterocycles. The number of aliphatic hydroxyl groups is 1. The van der Waals surface area contributed by atoms with Crippen LogP contribution < -0.4 is 15.0 Å². The monoisotopic (exact) mass is 570 g/mol. The van der Waals surface area contributed by atoms with E-state index in [0.29, 0.717) is 5.56 Å². The Morgan fingerprint density at radius 2 is 1.75 bits per heavy atom. The number of halogens is 4. The van der Waals surface area contributed by atoms with Gasteiger partial charge in [0.2, 0.25) is 0 Å². The summed E-state index contributed by atoms with van der Waals surface area (Å²) in [7, 11) is 0.906. The van der Waals surface area contributed by atoms with E-state index in [4.69, 9.17) is 9.47 Å². The molecule has 9 nitrogen and oxygen atoms in total. The van der Waals surface area contributed by atoms with Crippen molar-refractivity contribution in [2.45, 2.75) is 64.1 Å². The maximum absolute atomic E-state index is 16.2. The Hall–Kier alpha value is -3.87. The Morgan fingerprint density at radius 1 is 1.10 bits per heavy atom. The van der Waals surface area contributed by atoms with Gasteiger partial charge in [-0.2, -0.15) is 13.2 Å². The highest BCUT2D eigenvalue weighted by molar-refractivity contribution is 6.02. The van der Waals surface area contributed by atoms with Crippen LogP contribution in [0, 0.1) is 5.82 Å². The van der Waals surface area contributed by atoms with Crippen LogP contribution in [0.15, 0.2) is 36.4 Å². The van der Waals surface area contributed by atoms with Crippen molar-refractivity contribution in [3.8, 4) is 5.75 Å². The van der Waals surface area contributed by atoms with Crippen LogP contribution in [-0.4, -0.2) is 60.7 Å². The molecule has 0 aromatic heterocycles. The highest BCUT2D eigenvalue weighted by Crippen LogP contribution is 2.40. The van der Waals surface area contributed by atoms with Gasteiger partial charge in [-0.25, -0.2) is 9.18 Å². The maximum atomic E-state index is 16.2. The fourth-order valence-corrected chi connectivity index (χ4v) is 4.13. The predicted molar refractivity (Wildman–Crippen MR) is 134 cm³/mol. The topological polar surface area (TPSA) is 114 Å². The SMILES string of the molecule is COC(=O)CN(C(=O)C(F)(F)F)c1c(OCc2ccccc2)cc2c(c1F)C[C@H](NC(=O)OC(C)(C)C)[C@H](O)C2. The van der Waals surface area contributed by atoms with Crippen LogP contribution in [0.4, 0.5) is 28.0 Å². The standard InChI is InChI=1S/C27H30F4N2O7/c1-26(2,3)40-25(37)32-18-12-17-16(10-19(18)34)11-20(39-14-15-8-6-5-7-9-15)23(22(17)28)33(13-21(35)38-4)24(36)27(29,30)31/h5-9,11,18-19,34H,10,12-14H2,1-4H3,(H,32,37)/t18-,19+/m0/s1. The lowest BCUT2D eigenvalue weighted by Crippen LogP contribution is -2.50. The summed E-state index contributed by atoms with van der Waals surface area (Å²) in [6.45, 7) is 3.40. The second-order valence-corrected chi connectivity index (χ2v) is 10.1. The summed E-state index contributed by atoms with van der Waals surface area (Å²) in [4.78, 5) is 36.6. The zero-order chi connectivity index (χ0) is 29.8. The minimum Gasteiger partial charge on any atom is -0.487 e. The van der Waals surface area contributed by atoms with Crippen LogP contribution in [0.25, 0.3) is 0 Å². The van der Waals surface area contributed by atoms with Gasteiger partial charge in [0, 0.05) is 6.42 Å². The van der Waals surface area contributed by atoms with Gasteiger partial charge in [0.25, 0.3) is 0 Å². The molecule has 13 heteroatoms. The first kappa shape index (κ1) is 30.7. The molecule has 40 heavy (non-hydrogen) atoms. The molecular formula is C27H30F4N2O7. The van der Waals surface area contributed by atoms with Gasteiger partial charge in [0.05, 0.1) is 19.3 Å². The van der Waals surface area contributed by atoms with Gasteiger partial charge in [-0.3, -0.25) is 14.5 Å². The zero-order valence-corrected chi connectivity index (χ0v) is 22.3. The molecule has 2 aromatic carbocycles. The van der Waals surface area contributed by atoms with Crippen LogP contribution in [0.1, 0.15) is 37.5 Å². The molecule has 1 aliphatic rings. The number of nitrogens with zero attached hydrogens (tertiary/aromatic N) is 1. The van der Waals surface area contributed by atoms with E-state index in [1.165, 1.54) is 6.07 Å². The minimum absolute atomic E-state index is 0.0802. The molecule has 1 aliphatic carbocycles. The van der Waals surface area contributed by atoms with Gasteiger partial charge in [-0.15, -0.1) is 0 Å². The summed E-state index contributed by atoms with van der Waals surface area (Å²) in [6, 6.07) is 8.61. The molecule has 2 atom stereocenters. The molecule has 0 fully saturated rings. The lowest BCUT2D eigenvalue weighted by molar-refractivity contribution is -0.171. The molecule has 218 valence electrons. The van der Waals surface area contributed by atoms with Crippen molar-refractivity contribution in [2.75, 3.05) is 18.6 Å². The van der Waals surface area contributed by atoms with Crippen molar-refractivity contribution in [3.05, 3.63) is 58.9 Å². The number of rotatable bonds is 7. The number of hydrogen-bond acceptors (Lipinski definition) is 7. The second-order valence-electron chi connectivity index (χ2n) is 10.1. The average molecular weight is 571 g/mol. The molecule has 2 aromatic rings. The van der Waals surface area contributed by atoms with Crippen molar-refractivity contribution in [2.24, 2.45) is 0 Å². The number of esters is 1. The number of benzene rings is 2. The van der Waals surface area contributed by atoms with Crippen LogP contribution in [-0.2, 0) is 38.5 Å². The number of anilines is 1. The molecule has 0 aliphatic heterocycles. The van der Waals surface area contributed by atoms with E-state index < -0.39 is 65.7 Å². The Bertz CT molecular complexity index is 1250. The molecule has 0 spiro atoms. The molecule has 0 unspecified atom stereocenters. The van der Waals surface area contributed by atoms with Crippen LogP contribution in [0.3, 0.4) is 0 Å². The van der Waals surface area contributed by atoms with Gasteiger partial charge in [0.1, 0.15) is 30.2 Å². The molecule has 2 N–H and O–H groups in total. The quantitative estimate of drug-likeness (QED) is 0.384. The number of fused-ring (bicyclic) bond motifs is 1. The van der Waals surface area contributed by atoms with Gasteiger partial charge in [-0.1, -0.05) is 30.3 Å². The molecule has 3 rings (SSSR count). The number of alkyl halides is 3. The number of alkyl carbamates (subject to hydrolysis) is 1. The maximum Gasteiger partial charge on any atom is 0.471 e. The lowest BCUT2D eigenvalue weighted by atomic mass is 9.85. The van der Waals surface area contributed by atoms with Crippen molar-refractivity contribution in [3.63, 3.8) is 0 Å². The van der Waals surface area contributed by atoms with E-state index in [9.17, 15) is 32.7 Å². The molecule has 0 saturated heterocycles. The highest BCUT2D eigenvalue weighted by atomic mass is 19.4. The van der Waals surface area contributed by atoms with E-state index in [2.05, 4.69) is 10.1 Å². The largest absolute Gasteiger partial charge is 0.487 e. The number of methoxy groups -OCH3 is 1. The second kappa shape index (κ2) is 12.1. The molecule has 0 bridgehead atoms. The first-order valence-corrected chi connectivity index (χ1v) is 12.2. The molecule has 2 amide bonds. The van der Waals surface area contributed by atoms with Crippen molar-refractivity contribution < 1.29 is 51.3 Å². The third-order valence-corrected chi connectivity index (χ3v) is 5.93. The predicted octanol–water partition coefficient (Wildman–Crippen LogP) is 3.83. The number of carbonyl (C=O) groups excluding carboxylic acids is 3. The number of hydrogen-bond donors (Lipinski definition) is 2. The summed E-state index contributed by atoms with van der Waals surface area (Å²) in [5.41, 5.74) is -1.17. The third-order valence-electron chi connectivity index (χ3n) is 5.93. The van der Waals surface area contributed by atoms with Crippen LogP contribution in [0.2, 0.25) is 0 Å². The zero-order valence-electron chi connectivity index (χ0n) is 22.3. The van der Waals surface area contributed by atoms with Crippen molar-refractivity contribution >= 4 is 23.7 Å². The fourth-order valence-electron chi connectivity index (χ4n) is 4.13. The van der Waals surface area contributed by atoms with Gasteiger partial charge >= 0.3 is 24.1 Å². The van der Waals surface area contributed by atoms with Crippen molar-refractivity contribution in [1.29, 1.82) is 0 Å². The smallest absolute Gasteiger partial charge is 0.471 e. The summed E-state index contributed by atoms with van der Waals surface area (Å²) < 4.78 is 72.2. The number of nitrogens with one attached hydrogen (secondary N) is 1. The Kier molecular flexibility index (Phi) is 9.28. The van der Waals surface area contributed by atoms with E-state index >= 15 is 4.39 Å². The van der Waals surface area contributed by atoms with Gasteiger partial charge < -0.3 is 24.6 Å². The average Bonchev–Trinajstić information content (AvgIpc) is 2.85. The fraction of sp³-hybridized carbons (Fsp3) is 0.444. The molecular weight excluding hydrogens is 540 g/mol. The summed E-state index contributed by atoms with van der Waals surface area (Å²) in [6.07, 6.45) is -8.10. The van der Waals surface area contributed by atoms with Gasteiger partial charge in [-0.05, 0) is 49.9 Å². The third kappa shape index (κ3) is 7.62. The van der Waals surface area contributed by atoms with Gasteiger partial charge in [0.15, 0.2) is 5.82 Å². The number of carbonyl (C=O) groups is 3. The number of ether oxygens (including phenoxy) is 3. The first-order valence-electron chi connectivity index (χ1n) is 12.2. The lowest BCUT2D eigenvalue weighted by Gasteiger charge is -2.33. The Labute approximate surface area is 228 Å². The Morgan fingerprint density at radius 3 is 2.33 bits per heavy atom. The first-order chi connectivity index (χ1) is 18.6. The van der Waals surface area contributed by atoms with E-state index in [0.717, 1.165) is 7.11 Å². The highest BCUT2D eigenvalue weighted by Gasteiger charge is 2.46. The van der Waals surface area contributed by atoms with Crippen LogP contribution >= 0.6 is 0 Å². The number of aliphatic hydroxyl groups excluding tert-OH is 1. The van der Waals surface area contributed by atoms with E-state index in [1.807, 2.05) is 0 Å². The molecule has 0 saturated carbocycles.